The fourth-order valence-electron chi connectivity index (χ4n) is 2.04. The van der Waals surface area contributed by atoms with E-state index in [0.29, 0.717) is 10.6 Å². The highest BCUT2D eigenvalue weighted by Gasteiger charge is 2.09. The molecular formula is C16H12ClFN4S. The molecule has 1 aromatic heterocycles. The number of aromatic amines is 1. The number of nitrogens with one attached hydrogen (secondary N) is 1. The van der Waals surface area contributed by atoms with Gasteiger partial charge in [0.25, 0.3) is 0 Å². The van der Waals surface area contributed by atoms with Crippen molar-refractivity contribution in [3.8, 4) is 11.4 Å². The third-order valence-electron chi connectivity index (χ3n) is 3.26. The summed E-state index contributed by atoms with van der Waals surface area (Å²) in [6.07, 6.45) is 1.33. The summed E-state index contributed by atoms with van der Waals surface area (Å²) in [5, 5.41) is 11.4. The summed E-state index contributed by atoms with van der Waals surface area (Å²) >= 11 is 11.2. The summed E-state index contributed by atoms with van der Waals surface area (Å²) in [6, 6.07) is 12.2. The van der Waals surface area contributed by atoms with Gasteiger partial charge >= 0.3 is 0 Å². The molecule has 23 heavy (non-hydrogen) atoms. The fourth-order valence-corrected chi connectivity index (χ4v) is 2.43. The molecule has 116 valence electrons. The number of H-pyrrole nitrogens is 1. The van der Waals surface area contributed by atoms with Gasteiger partial charge in [-0.2, -0.15) is 14.9 Å². The number of aryl methyl sites for hydroxylation is 1. The van der Waals surface area contributed by atoms with Gasteiger partial charge in [0.2, 0.25) is 4.77 Å². The van der Waals surface area contributed by atoms with E-state index >= 15 is 0 Å². The van der Waals surface area contributed by atoms with E-state index in [-0.39, 0.29) is 10.6 Å². The first kappa shape index (κ1) is 15.6. The lowest BCUT2D eigenvalue weighted by Gasteiger charge is -2.02. The average Bonchev–Trinajstić information content (AvgIpc) is 2.89. The van der Waals surface area contributed by atoms with Gasteiger partial charge in [0.1, 0.15) is 5.82 Å². The molecule has 0 saturated carbocycles. The van der Waals surface area contributed by atoms with Crippen LogP contribution in [-0.2, 0) is 0 Å². The second kappa shape index (κ2) is 6.44. The van der Waals surface area contributed by atoms with Gasteiger partial charge in [-0.1, -0.05) is 47.5 Å². The molecule has 0 bridgehead atoms. The van der Waals surface area contributed by atoms with Crippen molar-refractivity contribution in [1.29, 1.82) is 0 Å². The molecule has 3 rings (SSSR count). The zero-order valence-corrected chi connectivity index (χ0v) is 13.7. The quantitative estimate of drug-likeness (QED) is 0.557. The molecule has 3 aromatic rings. The van der Waals surface area contributed by atoms with Crippen LogP contribution < -0.4 is 0 Å². The minimum absolute atomic E-state index is 0.201. The highest BCUT2D eigenvalue weighted by molar-refractivity contribution is 7.71. The maximum Gasteiger partial charge on any atom is 0.216 e. The Hall–Kier alpha value is -2.31. The van der Waals surface area contributed by atoms with Gasteiger partial charge in [0.05, 0.1) is 11.2 Å². The molecule has 0 saturated heterocycles. The van der Waals surface area contributed by atoms with Crippen LogP contribution in [0.15, 0.2) is 47.6 Å². The second-order valence-electron chi connectivity index (χ2n) is 4.91. The first-order valence-electron chi connectivity index (χ1n) is 6.79. The van der Waals surface area contributed by atoms with Crippen LogP contribution in [-0.4, -0.2) is 21.1 Å². The number of rotatable bonds is 3. The van der Waals surface area contributed by atoms with Gasteiger partial charge in [0, 0.05) is 11.1 Å². The van der Waals surface area contributed by atoms with Gasteiger partial charge in [-0.15, -0.1) is 0 Å². The van der Waals surface area contributed by atoms with Crippen LogP contribution in [0.5, 0.6) is 0 Å². The Labute approximate surface area is 142 Å². The van der Waals surface area contributed by atoms with Crippen molar-refractivity contribution in [2.45, 2.75) is 6.92 Å². The Kier molecular flexibility index (Phi) is 4.36. The number of hydrogen-bond donors (Lipinski definition) is 1. The van der Waals surface area contributed by atoms with Crippen LogP contribution in [0, 0.1) is 17.5 Å². The number of nitrogens with zero attached hydrogens (tertiary/aromatic N) is 3. The van der Waals surface area contributed by atoms with Crippen molar-refractivity contribution in [2.75, 3.05) is 0 Å². The second-order valence-corrected chi connectivity index (χ2v) is 5.70. The smallest absolute Gasteiger partial charge is 0.216 e. The molecule has 1 N–H and O–H groups in total. The van der Waals surface area contributed by atoms with Crippen molar-refractivity contribution >= 4 is 30.0 Å². The zero-order valence-electron chi connectivity index (χ0n) is 12.1. The van der Waals surface area contributed by atoms with E-state index in [1.54, 1.807) is 6.07 Å². The van der Waals surface area contributed by atoms with Crippen LogP contribution in [0.2, 0.25) is 5.02 Å². The van der Waals surface area contributed by atoms with E-state index in [1.807, 2.05) is 31.2 Å². The van der Waals surface area contributed by atoms with Crippen molar-refractivity contribution in [2.24, 2.45) is 5.10 Å². The van der Waals surface area contributed by atoms with E-state index in [4.69, 9.17) is 23.8 Å². The molecule has 0 radical (unpaired) electrons. The molecule has 1 heterocycles. The first-order chi connectivity index (χ1) is 11.1. The Morgan fingerprint density at radius 2 is 2.00 bits per heavy atom. The molecule has 0 aliphatic rings. The molecule has 2 aromatic carbocycles. The SMILES string of the molecule is Cc1ccc(-c2n[nH]c(=S)n2/N=C/c2c(F)cccc2Cl)cc1. The molecule has 0 aliphatic heterocycles. The monoisotopic (exact) mass is 346 g/mol. The molecule has 0 atom stereocenters. The van der Waals surface area contributed by atoms with Crippen molar-refractivity contribution in [1.82, 2.24) is 14.9 Å². The van der Waals surface area contributed by atoms with Crippen LogP contribution in [0.1, 0.15) is 11.1 Å². The minimum Gasteiger partial charge on any atom is -0.250 e. The molecular weight excluding hydrogens is 335 g/mol. The lowest BCUT2D eigenvalue weighted by molar-refractivity contribution is 0.625. The highest BCUT2D eigenvalue weighted by atomic mass is 35.5. The topological polar surface area (TPSA) is 46.0 Å². The van der Waals surface area contributed by atoms with Crippen molar-refractivity contribution < 1.29 is 4.39 Å². The van der Waals surface area contributed by atoms with Crippen molar-refractivity contribution in [3.63, 3.8) is 0 Å². The Morgan fingerprint density at radius 1 is 1.26 bits per heavy atom. The predicted octanol–water partition coefficient (Wildman–Crippen LogP) is 4.59. The number of hydrogen-bond acceptors (Lipinski definition) is 3. The standard InChI is InChI=1S/C16H12ClFN4S/c1-10-5-7-11(8-6-10)15-20-21-16(23)22(15)19-9-12-13(17)3-2-4-14(12)18/h2-9H,1H3,(H,21,23)/b19-9+. The molecule has 7 heteroatoms. The van der Waals surface area contributed by atoms with Gasteiger partial charge in [-0.05, 0) is 31.3 Å². The third-order valence-corrected chi connectivity index (χ3v) is 3.86. The summed E-state index contributed by atoms with van der Waals surface area (Å²) in [5.74, 6) is 0.0897. The third kappa shape index (κ3) is 3.23. The Balaban J connectivity index is 2.04. The van der Waals surface area contributed by atoms with Gasteiger partial charge in [0.15, 0.2) is 5.82 Å². The van der Waals surface area contributed by atoms with Crippen LogP contribution in [0.3, 0.4) is 0 Å². The first-order valence-corrected chi connectivity index (χ1v) is 7.57. The minimum atomic E-state index is -0.451. The Bertz CT molecular complexity index is 908. The van der Waals surface area contributed by atoms with Gasteiger partial charge in [-0.3, -0.25) is 0 Å². The molecule has 0 unspecified atom stereocenters. The van der Waals surface area contributed by atoms with Crippen molar-refractivity contribution in [3.05, 3.63) is 69.2 Å². The lowest BCUT2D eigenvalue weighted by Crippen LogP contribution is -1.97. The van der Waals surface area contributed by atoms with Crippen LogP contribution in [0.4, 0.5) is 4.39 Å². The lowest BCUT2D eigenvalue weighted by atomic mass is 10.1. The predicted molar refractivity (Wildman–Crippen MR) is 92.0 cm³/mol. The normalized spacial score (nSPS) is 11.3. The molecule has 0 fully saturated rings. The Morgan fingerprint density at radius 3 is 2.70 bits per heavy atom. The largest absolute Gasteiger partial charge is 0.250 e. The summed E-state index contributed by atoms with van der Waals surface area (Å²) < 4.78 is 15.6. The number of aromatic nitrogens is 3. The van der Waals surface area contributed by atoms with E-state index in [0.717, 1.165) is 11.1 Å². The highest BCUT2D eigenvalue weighted by Crippen LogP contribution is 2.19. The van der Waals surface area contributed by atoms with E-state index < -0.39 is 5.82 Å². The van der Waals surface area contributed by atoms with Gasteiger partial charge < -0.3 is 0 Å². The van der Waals surface area contributed by atoms with E-state index in [1.165, 1.54) is 23.0 Å². The average molecular weight is 347 g/mol. The molecule has 0 spiro atoms. The maximum absolute atomic E-state index is 13.8. The maximum atomic E-state index is 13.8. The van der Waals surface area contributed by atoms with Crippen LogP contribution >= 0.6 is 23.8 Å². The summed E-state index contributed by atoms with van der Waals surface area (Å²) in [5.41, 5.74) is 2.18. The number of benzene rings is 2. The molecule has 0 aliphatic carbocycles. The fraction of sp³-hybridized carbons (Fsp3) is 0.0625. The van der Waals surface area contributed by atoms with Gasteiger partial charge in [-0.25, -0.2) is 9.49 Å². The summed E-state index contributed by atoms with van der Waals surface area (Å²) in [4.78, 5) is 0. The van der Waals surface area contributed by atoms with Crippen LogP contribution in [0.25, 0.3) is 11.4 Å². The summed E-state index contributed by atoms with van der Waals surface area (Å²) in [7, 11) is 0. The molecule has 0 amide bonds. The molecule has 4 nitrogen and oxygen atoms in total. The van der Waals surface area contributed by atoms with E-state index in [2.05, 4.69) is 15.3 Å². The summed E-state index contributed by atoms with van der Waals surface area (Å²) in [6.45, 7) is 2.00. The van der Waals surface area contributed by atoms with E-state index in [9.17, 15) is 4.39 Å². The zero-order chi connectivity index (χ0) is 16.4. The number of halogens is 2.